The van der Waals surface area contributed by atoms with Crippen molar-refractivity contribution < 1.29 is 19.4 Å². The first-order valence-electron chi connectivity index (χ1n) is 6.24. The largest absolute Gasteiger partial charge is 0.495 e. The predicted molar refractivity (Wildman–Crippen MR) is 84.4 cm³/mol. The minimum Gasteiger partial charge on any atom is -0.495 e. The van der Waals surface area contributed by atoms with Crippen LogP contribution in [0, 0.1) is 6.92 Å². The molecule has 0 atom stereocenters. The summed E-state index contributed by atoms with van der Waals surface area (Å²) in [6.07, 6.45) is 0. The Morgan fingerprint density at radius 1 is 1.10 bits per heavy atom. The number of benzene rings is 2. The van der Waals surface area contributed by atoms with Crippen molar-refractivity contribution in [3.63, 3.8) is 0 Å². The van der Waals surface area contributed by atoms with Crippen molar-refractivity contribution in [1.82, 2.24) is 0 Å². The van der Waals surface area contributed by atoms with Gasteiger partial charge in [0.2, 0.25) is 0 Å². The second kappa shape index (κ2) is 6.18. The molecule has 0 aliphatic carbocycles. The van der Waals surface area contributed by atoms with Gasteiger partial charge in [-0.15, -0.1) is 0 Å². The number of aromatic carboxylic acids is 1. The summed E-state index contributed by atoms with van der Waals surface area (Å²) in [6.45, 7) is 1.93. The van der Waals surface area contributed by atoms with Crippen LogP contribution < -0.4 is 9.47 Å². The lowest BCUT2D eigenvalue weighted by atomic mass is 9.97. The average Bonchev–Trinajstić information content (AvgIpc) is 2.47. The van der Waals surface area contributed by atoms with E-state index in [2.05, 4.69) is 15.9 Å². The number of hydrogen-bond acceptors (Lipinski definition) is 3. The highest BCUT2D eigenvalue weighted by Gasteiger charge is 2.16. The molecule has 21 heavy (non-hydrogen) atoms. The van der Waals surface area contributed by atoms with Crippen LogP contribution in [-0.2, 0) is 0 Å². The third kappa shape index (κ3) is 2.88. The van der Waals surface area contributed by atoms with Crippen molar-refractivity contribution >= 4 is 21.9 Å². The van der Waals surface area contributed by atoms with E-state index >= 15 is 0 Å². The highest BCUT2D eigenvalue weighted by molar-refractivity contribution is 9.10. The molecule has 0 saturated carbocycles. The molecule has 0 aliphatic heterocycles. The van der Waals surface area contributed by atoms with Crippen molar-refractivity contribution in [3.8, 4) is 22.6 Å². The quantitative estimate of drug-likeness (QED) is 0.900. The number of rotatable bonds is 4. The van der Waals surface area contributed by atoms with E-state index in [1.807, 2.05) is 19.1 Å². The minimum absolute atomic E-state index is 0.240. The predicted octanol–water partition coefficient (Wildman–Crippen LogP) is 4.14. The number of aryl methyl sites for hydroxylation is 1. The van der Waals surface area contributed by atoms with Crippen molar-refractivity contribution in [2.45, 2.75) is 6.92 Å². The Morgan fingerprint density at radius 2 is 1.81 bits per heavy atom. The van der Waals surface area contributed by atoms with Crippen molar-refractivity contribution in [1.29, 1.82) is 0 Å². The van der Waals surface area contributed by atoms with Gasteiger partial charge in [0, 0.05) is 5.56 Å². The standard InChI is InChI=1S/C16H15BrO4/c1-9-4-5-10(16(18)19)8-12(9)11-6-7-13(20-2)14(17)15(11)21-3/h4-8H,1-3H3,(H,18,19). The molecular weight excluding hydrogens is 336 g/mol. The maximum atomic E-state index is 11.2. The van der Waals surface area contributed by atoms with Gasteiger partial charge in [-0.1, -0.05) is 6.07 Å². The molecule has 2 rings (SSSR count). The average molecular weight is 351 g/mol. The number of halogens is 1. The Bertz CT molecular complexity index is 695. The Hall–Kier alpha value is -2.01. The highest BCUT2D eigenvalue weighted by Crippen LogP contribution is 2.42. The molecule has 0 saturated heterocycles. The van der Waals surface area contributed by atoms with Crippen molar-refractivity contribution in [3.05, 3.63) is 45.9 Å². The third-order valence-electron chi connectivity index (χ3n) is 3.26. The fourth-order valence-electron chi connectivity index (χ4n) is 2.15. The van der Waals surface area contributed by atoms with E-state index in [4.69, 9.17) is 14.6 Å². The highest BCUT2D eigenvalue weighted by atomic mass is 79.9. The number of ether oxygens (including phenoxy) is 2. The first kappa shape index (κ1) is 15.4. The maximum Gasteiger partial charge on any atom is 0.335 e. The number of carboxylic acid groups (broad SMARTS) is 1. The molecule has 1 N–H and O–H groups in total. The molecule has 5 heteroatoms. The monoisotopic (exact) mass is 350 g/mol. The van der Waals surface area contributed by atoms with Gasteiger partial charge >= 0.3 is 5.97 Å². The molecule has 2 aromatic carbocycles. The normalized spacial score (nSPS) is 10.3. The fourth-order valence-corrected chi connectivity index (χ4v) is 2.82. The molecule has 0 heterocycles. The first-order chi connectivity index (χ1) is 9.99. The Labute approximate surface area is 131 Å². The lowest BCUT2D eigenvalue weighted by molar-refractivity contribution is 0.0697. The van der Waals surface area contributed by atoms with E-state index in [0.717, 1.165) is 16.7 Å². The summed E-state index contributed by atoms with van der Waals surface area (Å²) in [6, 6.07) is 8.70. The van der Waals surface area contributed by atoms with Crippen LogP contribution in [0.1, 0.15) is 15.9 Å². The lowest BCUT2D eigenvalue weighted by Crippen LogP contribution is -1.99. The summed E-state index contributed by atoms with van der Waals surface area (Å²) >= 11 is 3.46. The summed E-state index contributed by atoms with van der Waals surface area (Å²) < 4.78 is 11.4. The summed E-state index contributed by atoms with van der Waals surface area (Å²) in [5.74, 6) is 0.311. The number of carboxylic acids is 1. The second-order valence-electron chi connectivity index (χ2n) is 4.50. The molecule has 0 aliphatic rings. The Balaban J connectivity index is 2.69. The molecule has 4 nitrogen and oxygen atoms in total. The van der Waals surface area contributed by atoms with E-state index in [1.54, 1.807) is 32.4 Å². The van der Waals surface area contributed by atoms with Crippen molar-refractivity contribution in [2.75, 3.05) is 14.2 Å². The zero-order valence-electron chi connectivity index (χ0n) is 11.9. The van der Waals surface area contributed by atoms with Gasteiger partial charge in [0.05, 0.1) is 19.8 Å². The van der Waals surface area contributed by atoms with Crippen LogP contribution in [-0.4, -0.2) is 25.3 Å². The zero-order chi connectivity index (χ0) is 15.6. The summed E-state index contributed by atoms with van der Waals surface area (Å²) in [4.78, 5) is 11.2. The third-order valence-corrected chi connectivity index (χ3v) is 4.01. The molecule has 110 valence electrons. The van der Waals surface area contributed by atoms with Crippen LogP contribution in [0.5, 0.6) is 11.5 Å². The topological polar surface area (TPSA) is 55.8 Å². The van der Waals surface area contributed by atoms with E-state index in [-0.39, 0.29) is 5.56 Å². The lowest BCUT2D eigenvalue weighted by Gasteiger charge is -2.15. The summed E-state index contributed by atoms with van der Waals surface area (Å²) in [5.41, 5.74) is 2.83. The number of carbonyl (C=O) groups is 1. The zero-order valence-corrected chi connectivity index (χ0v) is 13.5. The van der Waals surface area contributed by atoms with E-state index < -0.39 is 5.97 Å². The van der Waals surface area contributed by atoms with Gasteiger partial charge in [-0.2, -0.15) is 0 Å². The molecular formula is C16H15BrO4. The van der Waals surface area contributed by atoms with Crippen molar-refractivity contribution in [2.24, 2.45) is 0 Å². The number of hydrogen-bond donors (Lipinski definition) is 1. The molecule has 0 amide bonds. The van der Waals surface area contributed by atoms with Gasteiger partial charge in [-0.05, 0) is 58.2 Å². The van der Waals surface area contributed by atoms with Gasteiger partial charge in [-0.25, -0.2) is 4.79 Å². The molecule has 0 unspecified atom stereocenters. The maximum absolute atomic E-state index is 11.2. The van der Waals surface area contributed by atoms with Crippen LogP contribution >= 0.6 is 15.9 Å². The first-order valence-corrected chi connectivity index (χ1v) is 7.03. The van der Waals surface area contributed by atoms with Crippen LogP contribution in [0.2, 0.25) is 0 Å². The van der Waals surface area contributed by atoms with Crippen LogP contribution in [0.3, 0.4) is 0 Å². The molecule has 0 fully saturated rings. The van der Waals surface area contributed by atoms with E-state index in [0.29, 0.717) is 16.0 Å². The van der Waals surface area contributed by atoms with Crippen LogP contribution in [0.25, 0.3) is 11.1 Å². The smallest absolute Gasteiger partial charge is 0.335 e. The Morgan fingerprint density at radius 3 is 2.38 bits per heavy atom. The van der Waals surface area contributed by atoms with Gasteiger partial charge < -0.3 is 14.6 Å². The fraction of sp³-hybridized carbons (Fsp3) is 0.188. The summed E-state index contributed by atoms with van der Waals surface area (Å²) in [5, 5.41) is 9.15. The molecule has 0 aromatic heterocycles. The second-order valence-corrected chi connectivity index (χ2v) is 5.29. The van der Waals surface area contributed by atoms with Crippen LogP contribution in [0.15, 0.2) is 34.8 Å². The SMILES string of the molecule is COc1ccc(-c2cc(C(=O)O)ccc2C)c(OC)c1Br. The Kier molecular flexibility index (Phi) is 4.53. The number of methoxy groups -OCH3 is 2. The van der Waals surface area contributed by atoms with Gasteiger partial charge in [0.25, 0.3) is 0 Å². The van der Waals surface area contributed by atoms with E-state index in [1.165, 1.54) is 0 Å². The molecule has 0 radical (unpaired) electrons. The molecule has 0 bridgehead atoms. The minimum atomic E-state index is -0.956. The summed E-state index contributed by atoms with van der Waals surface area (Å²) in [7, 11) is 3.15. The van der Waals surface area contributed by atoms with Gasteiger partial charge in [0.15, 0.2) is 0 Å². The molecule has 0 spiro atoms. The van der Waals surface area contributed by atoms with Crippen LogP contribution in [0.4, 0.5) is 0 Å². The van der Waals surface area contributed by atoms with Gasteiger partial charge in [0.1, 0.15) is 16.0 Å². The molecule has 2 aromatic rings. The van der Waals surface area contributed by atoms with Gasteiger partial charge in [-0.3, -0.25) is 0 Å². The van der Waals surface area contributed by atoms with E-state index in [9.17, 15) is 4.79 Å².